The van der Waals surface area contributed by atoms with Crippen LogP contribution in [0.25, 0.3) is 0 Å². The molecule has 0 spiro atoms. The molecule has 0 radical (unpaired) electrons. The van der Waals surface area contributed by atoms with E-state index < -0.39 is 5.25 Å². The van der Waals surface area contributed by atoms with Crippen LogP contribution in [0, 0.1) is 20.8 Å². The Balaban J connectivity index is 1.35. The number of rotatable bonds is 6. The van der Waals surface area contributed by atoms with Crippen molar-refractivity contribution in [1.82, 2.24) is 5.01 Å². The van der Waals surface area contributed by atoms with Gasteiger partial charge in [-0.3, -0.25) is 9.59 Å². The molecular weight excluding hydrogens is 496 g/mol. The summed E-state index contributed by atoms with van der Waals surface area (Å²) in [5.41, 5.74) is 7.03. The van der Waals surface area contributed by atoms with Crippen LogP contribution in [0.1, 0.15) is 46.7 Å². The lowest BCUT2D eigenvalue weighted by molar-refractivity contribution is -0.121. The molecule has 194 valence electrons. The summed E-state index contributed by atoms with van der Waals surface area (Å²) in [6.07, 6.45) is 0.711. The topological polar surface area (TPSA) is 83.4 Å². The summed E-state index contributed by atoms with van der Waals surface area (Å²) < 4.78 is 5.30. The van der Waals surface area contributed by atoms with Gasteiger partial charge in [-0.2, -0.15) is 10.1 Å². The highest BCUT2D eigenvalue weighted by atomic mass is 32.2. The minimum absolute atomic E-state index is 0.0432. The van der Waals surface area contributed by atoms with Gasteiger partial charge in [-0.25, -0.2) is 5.01 Å². The third-order valence-electron chi connectivity index (χ3n) is 6.60. The molecule has 0 bridgehead atoms. The molecule has 2 aliphatic heterocycles. The summed E-state index contributed by atoms with van der Waals surface area (Å²) in [7, 11) is 1.64. The van der Waals surface area contributed by atoms with E-state index in [0.29, 0.717) is 11.6 Å². The third-order valence-corrected chi connectivity index (χ3v) is 7.74. The van der Waals surface area contributed by atoms with Crippen LogP contribution in [0.3, 0.4) is 0 Å². The molecule has 5 rings (SSSR count). The van der Waals surface area contributed by atoms with Gasteiger partial charge in [-0.1, -0.05) is 47.7 Å². The number of aliphatic imine (C=N–C) groups is 1. The number of carbonyl (C=O) groups is 2. The molecule has 2 aliphatic rings. The van der Waals surface area contributed by atoms with Crippen molar-refractivity contribution in [3.05, 3.63) is 94.5 Å². The molecule has 0 aliphatic carbocycles. The average Bonchev–Trinajstić information content (AvgIpc) is 3.48. The average molecular weight is 527 g/mol. The highest BCUT2D eigenvalue weighted by Crippen LogP contribution is 2.39. The first-order valence-corrected chi connectivity index (χ1v) is 13.4. The van der Waals surface area contributed by atoms with Gasteiger partial charge in [-0.05, 0) is 79.4 Å². The van der Waals surface area contributed by atoms with Crippen LogP contribution in [0.2, 0.25) is 0 Å². The number of hydrazone groups is 1. The summed E-state index contributed by atoms with van der Waals surface area (Å²) in [4.78, 5) is 30.0. The number of amidine groups is 1. The Morgan fingerprint density at radius 1 is 1.00 bits per heavy atom. The predicted molar refractivity (Wildman–Crippen MR) is 153 cm³/mol. The Morgan fingerprint density at radius 3 is 2.34 bits per heavy atom. The fourth-order valence-electron chi connectivity index (χ4n) is 4.72. The number of hydrogen-bond acceptors (Lipinski definition) is 6. The number of hydrogen-bond donors (Lipinski definition) is 1. The van der Waals surface area contributed by atoms with E-state index in [2.05, 4.69) is 41.5 Å². The summed E-state index contributed by atoms with van der Waals surface area (Å²) in [5.74, 6) is 0.259. The second-order valence-electron chi connectivity index (χ2n) is 9.72. The molecule has 0 saturated heterocycles. The van der Waals surface area contributed by atoms with E-state index in [1.54, 1.807) is 7.11 Å². The number of ether oxygens (including phenoxy) is 1. The lowest BCUT2D eigenvalue weighted by Gasteiger charge is -2.23. The van der Waals surface area contributed by atoms with Crippen LogP contribution in [-0.2, 0) is 9.59 Å². The van der Waals surface area contributed by atoms with Crippen molar-refractivity contribution in [2.45, 2.75) is 44.9 Å². The van der Waals surface area contributed by atoms with Crippen LogP contribution >= 0.6 is 11.8 Å². The molecule has 8 heteroatoms. The molecule has 2 amide bonds. The molecule has 1 N–H and O–H groups in total. The number of thioether (sulfide) groups is 1. The van der Waals surface area contributed by atoms with Gasteiger partial charge in [0.2, 0.25) is 5.91 Å². The molecular formula is C30H30N4O3S. The van der Waals surface area contributed by atoms with Crippen molar-refractivity contribution in [2.75, 3.05) is 12.4 Å². The number of nitrogens with zero attached hydrogens (tertiary/aromatic N) is 3. The van der Waals surface area contributed by atoms with Crippen molar-refractivity contribution in [3.63, 3.8) is 0 Å². The van der Waals surface area contributed by atoms with E-state index in [-0.39, 0.29) is 24.3 Å². The normalized spacial score (nSPS) is 18.8. The van der Waals surface area contributed by atoms with Crippen molar-refractivity contribution in [2.24, 2.45) is 10.1 Å². The predicted octanol–water partition coefficient (Wildman–Crippen LogP) is 5.80. The Bertz CT molecular complexity index is 1410. The van der Waals surface area contributed by atoms with Gasteiger partial charge in [-0.15, -0.1) is 0 Å². The monoisotopic (exact) mass is 526 g/mol. The molecule has 2 heterocycles. The number of nitrogens with one attached hydrogen (secondary N) is 1. The largest absolute Gasteiger partial charge is 0.497 e. The number of anilines is 1. The van der Waals surface area contributed by atoms with E-state index in [1.807, 2.05) is 61.3 Å². The van der Waals surface area contributed by atoms with Gasteiger partial charge in [0.05, 0.1) is 18.9 Å². The third kappa shape index (κ3) is 5.65. The van der Waals surface area contributed by atoms with Gasteiger partial charge >= 0.3 is 0 Å². The minimum atomic E-state index is -0.588. The lowest BCUT2D eigenvalue weighted by Crippen LogP contribution is -2.25. The van der Waals surface area contributed by atoms with Crippen molar-refractivity contribution < 1.29 is 14.3 Å². The van der Waals surface area contributed by atoms with E-state index >= 15 is 0 Å². The van der Waals surface area contributed by atoms with E-state index in [0.717, 1.165) is 39.4 Å². The highest BCUT2D eigenvalue weighted by Gasteiger charge is 2.39. The van der Waals surface area contributed by atoms with Gasteiger partial charge in [0.15, 0.2) is 5.17 Å². The first-order valence-electron chi connectivity index (χ1n) is 12.5. The fourth-order valence-corrected chi connectivity index (χ4v) is 5.79. The fraction of sp³-hybridized carbons (Fsp3) is 0.267. The standard InChI is InChI=1S/C30H30N4O3S/c1-18-5-7-22(8-6-18)26-16-25(21-9-11-24(37-4)12-10-21)33-34(26)30-32-29(36)27(38-30)17-28(35)31-23-14-19(2)13-20(3)15-23/h5-15,26-27H,16-17H2,1-4H3,(H,31,35). The van der Waals surface area contributed by atoms with Crippen LogP contribution in [0.15, 0.2) is 76.8 Å². The summed E-state index contributed by atoms with van der Waals surface area (Å²) in [6, 6.07) is 21.9. The van der Waals surface area contributed by atoms with Gasteiger partial charge in [0, 0.05) is 18.5 Å². The van der Waals surface area contributed by atoms with E-state index in [1.165, 1.54) is 17.3 Å². The number of amides is 2. The Kier molecular flexibility index (Phi) is 7.33. The molecule has 3 aromatic carbocycles. The summed E-state index contributed by atoms with van der Waals surface area (Å²) >= 11 is 1.30. The number of methoxy groups -OCH3 is 1. The van der Waals surface area contributed by atoms with Crippen molar-refractivity contribution >= 4 is 40.1 Å². The zero-order valence-electron chi connectivity index (χ0n) is 21.9. The number of carbonyl (C=O) groups excluding carboxylic acids is 2. The molecule has 7 nitrogen and oxygen atoms in total. The quantitative estimate of drug-likeness (QED) is 0.439. The zero-order valence-corrected chi connectivity index (χ0v) is 22.7. The minimum Gasteiger partial charge on any atom is -0.497 e. The second kappa shape index (κ2) is 10.8. The maximum atomic E-state index is 12.9. The zero-order chi connectivity index (χ0) is 26.8. The maximum Gasteiger partial charge on any atom is 0.262 e. The Morgan fingerprint density at radius 2 is 1.68 bits per heavy atom. The van der Waals surface area contributed by atoms with E-state index in [9.17, 15) is 9.59 Å². The highest BCUT2D eigenvalue weighted by molar-refractivity contribution is 8.15. The summed E-state index contributed by atoms with van der Waals surface area (Å²) in [5, 5.41) is 9.62. The molecule has 3 aromatic rings. The SMILES string of the molecule is COc1ccc(C2=NN(C3=NC(=O)C(CC(=O)Nc4cc(C)cc(C)c4)S3)C(c3ccc(C)cc3)C2)cc1. The molecule has 0 saturated carbocycles. The Hall–Kier alpha value is -3.91. The molecule has 2 atom stereocenters. The van der Waals surface area contributed by atoms with E-state index in [4.69, 9.17) is 9.84 Å². The first-order chi connectivity index (χ1) is 18.3. The van der Waals surface area contributed by atoms with Gasteiger partial charge in [0.25, 0.3) is 5.91 Å². The van der Waals surface area contributed by atoms with Crippen LogP contribution in [0.5, 0.6) is 5.75 Å². The first kappa shape index (κ1) is 25.7. The molecule has 38 heavy (non-hydrogen) atoms. The molecule has 2 unspecified atom stereocenters. The lowest BCUT2D eigenvalue weighted by atomic mass is 9.98. The van der Waals surface area contributed by atoms with Crippen molar-refractivity contribution in [3.8, 4) is 5.75 Å². The van der Waals surface area contributed by atoms with Crippen LogP contribution in [0.4, 0.5) is 5.69 Å². The maximum absolute atomic E-state index is 12.9. The smallest absolute Gasteiger partial charge is 0.262 e. The van der Waals surface area contributed by atoms with Crippen LogP contribution < -0.4 is 10.1 Å². The van der Waals surface area contributed by atoms with Gasteiger partial charge < -0.3 is 10.1 Å². The second-order valence-corrected chi connectivity index (χ2v) is 10.9. The number of benzene rings is 3. The Labute approximate surface area is 227 Å². The number of aryl methyl sites for hydroxylation is 3. The van der Waals surface area contributed by atoms with Gasteiger partial charge in [0.1, 0.15) is 11.0 Å². The van der Waals surface area contributed by atoms with Crippen molar-refractivity contribution in [1.29, 1.82) is 0 Å². The van der Waals surface area contributed by atoms with Crippen LogP contribution in [-0.4, -0.2) is 40.1 Å². The molecule has 0 fully saturated rings. The molecule has 0 aromatic heterocycles. The summed E-state index contributed by atoms with van der Waals surface area (Å²) in [6.45, 7) is 6.03.